The number of pyridine rings is 1. The zero-order valence-electron chi connectivity index (χ0n) is 9.45. The lowest BCUT2D eigenvalue weighted by Gasteiger charge is -2.23. The Kier molecular flexibility index (Phi) is 3.43. The number of hydrogen-bond acceptors (Lipinski definition) is 5. The summed E-state index contributed by atoms with van der Waals surface area (Å²) in [5.41, 5.74) is 6.83. The van der Waals surface area contributed by atoms with Gasteiger partial charge < -0.3 is 20.9 Å². The van der Waals surface area contributed by atoms with Crippen molar-refractivity contribution in [1.82, 2.24) is 4.98 Å². The molecule has 0 saturated heterocycles. The Balaban J connectivity index is 2.15. The molecule has 0 atom stereocenters. The van der Waals surface area contributed by atoms with Gasteiger partial charge in [0, 0.05) is 12.6 Å². The Bertz CT molecular complexity index is 400. The maximum Gasteiger partial charge on any atom is 0.188 e. The van der Waals surface area contributed by atoms with Gasteiger partial charge in [-0.05, 0) is 25.0 Å². The maximum atomic E-state index is 9.02. The highest BCUT2D eigenvalue weighted by Gasteiger charge is 2.28. The fourth-order valence-corrected chi connectivity index (χ4v) is 1.78. The van der Waals surface area contributed by atoms with Crippen molar-refractivity contribution in [2.45, 2.75) is 18.9 Å². The predicted octanol–water partition coefficient (Wildman–Crippen LogP) is 0.137. The van der Waals surface area contributed by atoms with Crippen LogP contribution in [0.25, 0.3) is 0 Å². The summed E-state index contributed by atoms with van der Waals surface area (Å²) >= 11 is 0. The van der Waals surface area contributed by atoms with Crippen molar-refractivity contribution >= 4 is 11.5 Å². The Labute approximate surface area is 99.4 Å². The van der Waals surface area contributed by atoms with Crippen LogP contribution in [0.2, 0.25) is 0 Å². The average Bonchev–Trinajstić information content (AvgIpc) is 3.19. The summed E-state index contributed by atoms with van der Waals surface area (Å²) < 4.78 is 0. The highest BCUT2D eigenvalue weighted by molar-refractivity contribution is 5.95. The van der Waals surface area contributed by atoms with E-state index in [1.165, 1.54) is 0 Å². The van der Waals surface area contributed by atoms with Crippen molar-refractivity contribution in [3.05, 3.63) is 24.0 Å². The molecule has 0 aromatic carbocycles. The summed E-state index contributed by atoms with van der Waals surface area (Å²) in [6.07, 6.45) is 3.99. The van der Waals surface area contributed by atoms with Gasteiger partial charge in [0.05, 0.1) is 18.5 Å². The number of aromatic nitrogens is 1. The molecule has 0 bridgehead atoms. The minimum absolute atomic E-state index is 0.00307. The molecule has 1 fully saturated rings. The summed E-state index contributed by atoms with van der Waals surface area (Å²) in [5, 5.41) is 20.4. The van der Waals surface area contributed by atoms with E-state index in [0.29, 0.717) is 18.3 Å². The molecule has 1 aliphatic carbocycles. The molecule has 1 saturated carbocycles. The van der Waals surface area contributed by atoms with Crippen LogP contribution in [0.5, 0.6) is 0 Å². The van der Waals surface area contributed by atoms with Crippen molar-refractivity contribution < 1.29 is 10.3 Å². The van der Waals surface area contributed by atoms with Gasteiger partial charge in [0.25, 0.3) is 0 Å². The molecule has 17 heavy (non-hydrogen) atoms. The lowest BCUT2D eigenvalue weighted by Crippen LogP contribution is -2.29. The predicted molar refractivity (Wildman–Crippen MR) is 64.2 cm³/mol. The van der Waals surface area contributed by atoms with Crippen LogP contribution < -0.4 is 10.6 Å². The van der Waals surface area contributed by atoms with Crippen molar-refractivity contribution in [3.63, 3.8) is 0 Å². The number of amidine groups is 1. The molecule has 0 unspecified atom stereocenters. The van der Waals surface area contributed by atoms with E-state index in [1.54, 1.807) is 12.3 Å². The summed E-state index contributed by atoms with van der Waals surface area (Å²) in [7, 11) is 0. The van der Waals surface area contributed by atoms with Crippen LogP contribution in [-0.4, -0.2) is 40.3 Å². The minimum atomic E-state index is -0.00307. The molecule has 6 heteroatoms. The standard InChI is InChI=1S/C11H16N4O2/c12-11(14-17)10-4-3-9(7-13-10)15(5-6-16)8-1-2-8/h3-4,7-8,16-17H,1-2,5-6H2,(H2,12,14). The van der Waals surface area contributed by atoms with Crippen molar-refractivity contribution in [1.29, 1.82) is 0 Å². The van der Waals surface area contributed by atoms with Crippen LogP contribution >= 0.6 is 0 Å². The Morgan fingerprint density at radius 1 is 1.53 bits per heavy atom. The van der Waals surface area contributed by atoms with Crippen LogP contribution in [0, 0.1) is 0 Å². The monoisotopic (exact) mass is 236 g/mol. The molecule has 1 aromatic heterocycles. The molecule has 92 valence electrons. The molecular formula is C11H16N4O2. The highest BCUT2D eigenvalue weighted by Crippen LogP contribution is 2.30. The Hall–Kier alpha value is -1.82. The minimum Gasteiger partial charge on any atom is -0.409 e. The van der Waals surface area contributed by atoms with Gasteiger partial charge in [-0.1, -0.05) is 5.16 Å². The van der Waals surface area contributed by atoms with Crippen LogP contribution in [0.15, 0.2) is 23.5 Å². The van der Waals surface area contributed by atoms with Crippen molar-refractivity contribution in [2.75, 3.05) is 18.1 Å². The van der Waals surface area contributed by atoms with E-state index in [1.807, 2.05) is 6.07 Å². The van der Waals surface area contributed by atoms with Gasteiger partial charge >= 0.3 is 0 Å². The third kappa shape index (κ3) is 2.65. The topological polar surface area (TPSA) is 95.0 Å². The number of nitrogens with two attached hydrogens (primary N) is 1. The number of anilines is 1. The van der Waals surface area contributed by atoms with Crippen LogP contribution in [0.3, 0.4) is 0 Å². The van der Waals surface area contributed by atoms with E-state index in [0.717, 1.165) is 18.5 Å². The Morgan fingerprint density at radius 3 is 2.76 bits per heavy atom. The fraction of sp³-hybridized carbons (Fsp3) is 0.455. The molecule has 6 nitrogen and oxygen atoms in total. The van der Waals surface area contributed by atoms with Gasteiger partial charge in [-0.15, -0.1) is 0 Å². The first-order valence-corrected chi connectivity index (χ1v) is 5.57. The molecule has 1 aromatic rings. The van der Waals surface area contributed by atoms with Crippen molar-refractivity contribution in [3.8, 4) is 0 Å². The first kappa shape index (κ1) is 11.7. The van der Waals surface area contributed by atoms with Gasteiger partial charge in [0.15, 0.2) is 5.84 Å². The highest BCUT2D eigenvalue weighted by atomic mass is 16.4. The van der Waals surface area contributed by atoms with E-state index in [9.17, 15) is 0 Å². The number of rotatable bonds is 5. The molecular weight excluding hydrogens is 220 g/mol. The molecule has 2 rings (SSSR count). The van der Waals surface area contributed by atoms with Gasteiger partial charge in [0.1, 0.15) is 5.69 Å². The zero-order chi connectivity index (χ0) is 12.3. The van der Waals surface area contributed by atoms with Crippen LogP contribution in [-0.2, 0) is 0 Å². The summed E-state index contributed by atoms with van der Waals surface area (Å²) in [5.74, 6) is -0.00307. The van der Waals surface area contributed by atoms with Gasteiger partial charge in [-0.2, -0.15) is 0 Å². The molecule has 0 amide bonds. The van der Waals surface area contributed by atoms with E-state index in [4.69, 9.17) is 16.0 Å². The van der Waals surface area contributed by atoms with Crippen LogP contribution in [0.1, 0.15) is 18.5 Å². The third-order valence-corrected chi connectivity index (χ3v) is 2.78. The van der Waals surface area contributed by atoms with Gasteiger partial charge in [-0.25, -0.2) is 0 Å². The van der Waals surface area contributed by atoms with Gasteiger partial charge in [0.2, 0.25) is 0 Å². The smallest absolute Gasteiger partial charge is 0.188 e. The first-order valence-electron chi connectivity index (χ1n) is 5.57. The number of nitrogens with zero attached hydrogens (tertiary/aromatic N) is 3. The lowest BCUT2D eigenvalue weighted by molar-refractivity contribution is 0.301. The van der Waals surface area contributed by atoms with Crippen molar-refractivity contribution in [2.24, 2.45) is 10.9 Å². The number of oxime groups is 1. The second kappa shape index (κ2) is 5.01. The summed E-state index contributed by atoms with van der Waals surface area (Å²) in [6.45, 7) is 0.730. The second-order valence-corrected chi connectivity index (χ2v) is 4.04. The summed E-state index contributed by atoms with van der Waals surface area (Å²) in [6, 6.07) is 4.09. The van der Waals surface area contributed by atoms with E-state index in [-0.39, 0.29) is 12.4 Å². The molecule has 0 radical (unpaired) electrons. The van der Waals surface area contributed by atoms with Gasteiger partial charge in [-0.3, -0.25) is 4.98 Å². The molecule has 4 N–H and O–H groups in total. The number of hydrogen-bond donors (Lipinski definition) is 3. The average molecular weight is 236 g/mol. The lowest BCUT2D eigenvalue weighted by atomic mass is 10.3. The molecule has 1 heterocycles. The summed E-state index contributed by atoms with van der Waals surface area (Å²) in [4.78, 5) is 6.25. The van der Waals surface area contributed by atoms with E-state index in [2.05, 4.69) is 15.0 Å². The fourth-order valence-electron chi connectivity index (χ4n) is 1.78. The quantitative estimate of drug-likeness (QED) is 0.292. The second-order valence-electron chi connectivity index (χ2n) is 4.04. The number of aliphatic hydroxyl groups excluding tert-OH is 1. The van der Waals surface area contributed by atoms with E-state index >= 15 is 0 Å². The maximum absolute atomic E-state index is 9.02. The first-order chi connectivity index (χ1) is 8.26. The molecule has 0 aliphatic heterocycles. The molecule has 0 spiro atoms. The molecule has 1 aliphatic rings. The number of aliphatic hydroxyl groups is 1. The third-order valence-electron chi connectivity index (χ3n) is 2.78. The largest absolute Gasteiger partial charge is 0.409 e. The van der Waals surface area contributed by atoms with E-state index < -0.39 is 0 Å². The SMILES string of the molecule is N/C(=N/O)c1ccc(N(CCO)C2CC2)cn1. The van der Waals surface area contributed by atoms with Crippen LogP contribution in [0.4, 0.5) is 5.69 Å². The normalized spacial score (nSPS) is 15.9. The Morgan fingerprint density at radius 2 is 2.29 bits per heavy atom. The zero-order valence-corrected chi connectivity index (χ0v) is 9.45.